The first kappa shape index (κ1) is 17.5. The molecule has 3 amide bonds. The van der Waals surface area contributed by atoms with Crippen molar-refractivity contribution in [1.82, 2.24) is 15.6 Å². The number of halogens is 2. The molecule has 4 N–H and O–H groups in total. The summed E-state index contributed by atoms with van der Waals surface area (Å²) in [4.78, 5) is 38.1. The monoisotopic (exact) mass is 354 g/mol. The van der Waals surface area contributed by atoms with Crippen LogP contribution in [0.2, 0.25) is 0 Å². The van der Waals surface area contributed by atoms with Crippen molar-refractivity contribution in [2.75, 3.05) is 13.1 Å². The third kappa shape index (κ3) is 4.10. The smallest absolute Gasteiger partial charge is 0.272 e. The predicted molar refractivity (Wildman–Crippen MR) is 81.7 cm³/mol. The second kappa shape index (κ2) is 7.59. The van der Waals surface area contributed by atoms with Gasteiger partial charge in [-0.05, 0) is 0 Å². The highest BCUT2D eigenvalue weighted by atomic mass is 32.1. The van der Waals surface area contributed by atoms with Crippen LogP contribution in [0.15, 0.2) is 23.0 Å². The van der Waals surface area contributed by atoms with Crippen LogP contribution in [0.4, 0.5) is 8.78 Å². The number of aromatic nitrogens is 1. The van der Waals surface area contributed by atoms with E-state index in [2.05, 4.69) is 15.6 Å². The van der Waals surface area contributed by atoms with Gasteiger partial charge in [0.1, 0.15) is 5.82 Å². The molecule has 24 heavy (non-hydrogen) atoms. The van der Waals surface area contributed by atoms with E-state index in [1.165, 1.54) is 10.8 Å². The van der Waals surface area contributed by atoms with Crippen molar-refractivity contribution < 1.29 is 23.2 Å². The number of hydrogen-bond donors (Lipinski definition) is 3. The van der Waals surface area contributed by atoms with Crippen LogP contribution in [0, 0.1) is 11.6 Å². The van der Waals surface area contributed by atoms with Gasteiger partial charge in [-0.1, -0.05) is 0 Å². The van der Waals surface area contributed by atoms with Gasteiger partial charge in [0, 0.05) is 29.9 Å². The van der Waals surface area contributed by atoms with Crippen LogP contribution in [-0.4, -0.2) is 35.8 Å². The van der Waals surface area contributed by atoms with E-state index in [0.29, 0.717) is 6.07 Å². The van der Waals surface area contributed by atoms with Crippen molar-refractivity contribution in [1.29, 1.82) is 0 Å². The molecule has 2 aromatic heterocycles. The van der Waals surface area contributed by atoms with Crippen LogP contribution in [0.3, 0.4) is 0 Å². The van der Waals surface area contributed by atoms with Crippen LogP contribution < -0.4 is 16.4 Å². The molecule has 126 valence electrons. The second-order valence-corrected chi connectivity index (χ2v) is 5.30. The number of hydrogen-bond acceptors (Lipinski definition) is 5. The summed E-state index contributed by atoms with van der Waals surface area (Å²) in [5, 5.41) is 7.75. The van der Waals surface area contributed by atoms with E-state index in [1.54, 1.807) is 0 Å². The van der Waals surface area contributed by atoms with Gasteiger partial charge in [0.05, 0.1) is 17.3 Å². The van der Waals surface area contributed by atoms with Crippen LogP contribution in [0.5, 0.6) is 0 Å². The number of pyridine rings is 1. The number of primary amides is 1. The van der Waals surface area contributed by atoms with Crippen molar-refractivity contribution in [2.24, 2.45) is 5.73 Å². The number of thiophene rings is 1. The zero-order chi connectivity index (χ0) is 17.7. The quantitative estimate of drug-likeness (QED) is 0.662. The van der Waals surface area contributed by atoms with Crippen LogP contribution in [0.1, 0.15) is 31.2 Å². The Morgan fingerprint density at radius 2 is 1.71 bits per heavy atom. The Morgan fingerprint density at radius 1 is 1.08 bits per heavy atom. The molecule has 0 spiro atoms. The van der Waals surface area contributed by atoms with Crippen molar-refractivity contribution >= 4 is 29.1 Å². The summed E-state index contributed by atoms with van der Waals surface area (Å²) < 4.78 is 26.1. The van der Waals surface area contributed by atoms with Crippen LogP contribution in [0.25, 0.3) is 0 Å². The van der Waals surface area contributed by atoms with Gasteiger partial charge >= 0.3 is 0 Å². The van der Waals surface area contributed by atoms with Gasteiger partial charge in [-0.15, -0.1) is 0 Å². The van der Waals surface area contributed by atoms with Gasteiger partial charge in [0.2, 0.25) is 5.91 Å². The molecule has 2 aromatic rings. The fraction of sp³-hybridized carbons (Fsp3) is 0.143. The van der Waals surface area contributed by atoms with Crippen LogP contribution >= 0.6 is 11.3 Å². The number of rotatable bonds is 6. The van der Waals surface area contributed by atoms with Gasteiger partial charge in [-0.25, -0.2) is 13.8 Å². The molecule has 2 heterocycles. The topological polar surface area (TPSA) is 114 Å². The second-order valence-electron chi connectivity index (χ2n) is 4.56. The summed E-state index contributed by atoms with van der Waals surface area (Å²) in [5.41, 5.74) is 4.85. The molecule has 0 bridgehead atoms. The van der Waals surface area contributed by atoms with Gasteiger partial charge in [-0.3, -0.25) is 14.4 Å². The number of nitrogens with two attached hydrogens (primary N) is 1. The molecule has 0 saturated heterocycles. The first-order valence-corrected chi connectivity index (χ1v) is 7.58. The maximum Gasteiger partial charge on any atom is 0.272 e. The molecule has 10 heteroatoms. The molecule has 0 aliphatic heterocycles. The average Bonchev–Trinajstić information content (AvgIpc) is 3.01. The summed E-state index contributed by atoms with van der Waals surface area (Å²) in [6, 6.07) is 0.547. The van der Waals surface area contributed by atoms with Gasteiger partial charge < -0.3 is 16.4 Å². The Morgan fingerprint density at radius 3 is 2.33 bits per heavy atom. The molecule has 0 aliphatic rings. The predicted octanol–water partition coefficient (Wildman–Crippen LogP) is 0.680. The molecule has 0 unspecified atom stereocenters. The summed E-state index contributed by atoms with van der Waals surface area (Å²) in [7, 11) is 0. The molecular weight excluding hydrogens is 342 g/mol. The highest BCUT2D eigenvalue weighted by Gasteiger charge is 2.16. The molecule has 0 saturated carbocycles. The number of nitrogens with zero attached hydrogens (tertiary/aromatic N) is 1. The summed E-state index contributed by atoms with van der Waals surface area (Å²) >= 11 is 1.16. The normalized spacial score (nSPS) is 10.2. The van der Waals surface area contributed by atoms with E-state index < -0.39 is 35.0 Å². The zero-order valence-corrected chi connectivity index (χ0v) is 13.0. The third-order valence-corrected chi connectivity index (χ3v) is 3.63. The molecule has 0 radical (unpaired) electrons. The lowest BCUT2D eigenvalue weighted by Gasteiger charge is -2.07. The van der Waals surface area contributed by atoms with E-state index in [0.717, 1.165) is 17.5 Å². The minimum absolute atomic E-state index is 0.0148. The maximum atomic E-state index is 13.4. The number of amides is 3. The van der Waals surface area contributed by atoms with E-state index in [9.17, 15) is 23.2 Å². The molecule has 0 aromatic carbocycles. The SMILES string of the molecule is NC(=O)c1cscc1C(=O)NCCNC(=O)c1ncc(F)cc1F. The molecule has 0 atom stereocenters. The minimum Gasteiger partial charge on any atom is -0.366 e. The van der Waals surface area contributed by atoms with Gasteiger partial charge in [-0.2, -0.15) is 11.3 Å². The number of nitrogens with one attached hydrogen (secondary N) is 2. The van der Waals surface area contributed by atoms with Gasteiger partial charge in [0.25, 0.3) is 11.8 Å². The number of carbonyl (C=O) groups is 3. The average molecular weight is 354 g/mol. The molecule has 7 nitrogen and oxygen atoms in total. The Bertz CT molecular complexity index is 794. The molecule has 0 fully saturated rings. The largest absolute Gasteiger partial charge is 0.366 e. The maximum absolute atomic E-state index is 13.4. The first-order valence-electron chi connectivity index (χ1n) is 6.63. The lowest BCUT2D eigenvalue weighted by atomic mass is 10.2. The Balaban J connectivity index is 1.84. The lowest BCUT2D eigenvalue weighted by molar-refractivity contribution is 0.0919. The van der Waals surface area contributed by atoms with Gasteiger partial charge in [0.15, 0.2) is 11.5 Å². The zero-order valence-electron chi connectivity index (χ0n) is 12.1. The van der Waals surface area contributed by atoms with Crippen molar-refractivity contribution in [3.63, 3.8) is 0 Å². The summed E-state index contributed by atoms with van der Waals surface area (Å²) in [6.07, 6.45) is 0.724. The third-order valence-electron chi connectivity index (χ3n) is 2.89. The number of carbonyl (C=O) groups excluding carboxylic acids is 3. The Labute approximate surface area is 138 Å². The van der Waals surface area contributed by atoms with Crippen molar-refractivity contribution in [2.45, 2.75) is 0 Å². The fourth-order valence-electron chi connectivity index (χ4n) is 1.78. The summed E-state index contributed by atoms with van der Waals surface area (Å²) in [5.74, 6) is -4.05. The summed E-state index contributed by atoms with van der Waals surface area (Å²) in [6.45, 7) is 0.0144. The molecule has 0 aliphatic carbocycles. The highest BCUT2D eigenvalue weighted by molar-refractivity contribution is 7.08. The Hall–Kier alpha value is -2.88. The minimum atomic E-state index is -1.08. The van der Waals surface area contributed by atoms with Crippen molar-refractivity contribution in [3.05, 3.63) is 51.5 Å². The van der Waals surface area contributed by atoms with E-state index >= 15 is 0 Å². The van der Waals surface area contributed by atoms with Crippen molar-refractivity contribution in [3.8, 4) is 0 Å². The van der Waals surface area contributed by atoms with E-state index in [-0.39, 0.29) is 24.2 Å². The van der Waals surface area contributed by atoms with E-state index in [4.69, 9.17) is 5.73 Å². The fourth-order valence-corrected chi connectivity index (χ4v) is 2.59. The molecule has 2 rings (SSSR count). The highest BCUT2D eigenvalue weighted by Crippen LogP contribution is 2.14. The molecular formula is C14H12F2N4O3S. The standard InChI is InChI=1S/C14H12F2N4O3S/c15-7-3-10(16)11(20-4-7)14(23)19-2-1-18-13(22)9-6-24-5-8(9)12(17)21/h3-6H,1-2H2,(H2,17,21)(H,18,22)(H,19,23). The van der Waals surface area contributed by atoms with Crippen LogP contribution in [-0.2, 0) is 0 Å². The van der Waals surface area contributed by atoms with E-state index in [1.807, 2.05) is 0 Å². The first-order chi connectivity index (χ1) is 11.4. The Kier molecular flexibility index (Phi) is 5.53. The lowest BCUT2D eigenvalue weighted by Crippen LogP contribution is -2.35.